The molecule has 36 heavy (non-hydrogen) atoms. The SMILES string of the molecule is CN(C)[C@H]1C(=O)C(C(N)=O)=C(O)[C@]2(O)C(=O)C3=C(O)c4c(O)ccc(CC[Si](C)(C)C)c4C[C@@H]3C[C@H]12. The topological polar surface area (TPSA) is 161 Å². The first-order valence-electron chi connectivity index (χ1n) is 12.1. The maximum atomic E-state index is 13.8. The number of Topliss-reactive ketones (excluding diaryl/α,β-unsaturated/α-hetero) is 2. The fourth-order valence-corrected chi connectivity index (χ4v) is 7.07. The molecule has 1 aromatic rings. The predicted molar refractivity (Wildman–Crippen MR) is 136 cm³/mol. The number of hydrogen-bond donors (Lipinski definition) is 5. The van der Waals surface area contributed by atoms with Crippen LogP contribution in [0.4, 0.5) is 0 Å². The Bertz CT molecular complexity index is 1240. The van der Waals surface area contributed by atoms with Crippen molar-refractivity contribution < 1.29 is 34.8 Å². The van der Waals surface area contributed by atoms with Gasteiger partial charge in [-0.1, -0.05) is 31.8 Å². The normalized spacial score (nSPS) is 28.2. The summed E-state index contributed by atoms with van der Waals surface area (Å²) < 4.78 is 0. The van der Waals surface area contributed by atoms with Crippen molar-refractivity contribution in [3.8, 4) is 5.75 Å². The molecule has 1 fully saturated rings. The fourth-order valence-electron chi connectivity index (χ4n) is 6.05. The monoisotopic (exact) mass is 514 g/mol. The first-order valence-corrected chi connectivity index (χ1v) is 15.8. The molecule has 9 nitrogen and oxygen atoms in total. The standard InChI is InChI=1S/C26H34N2O7Si/c1-28(2)20-15-11-13-10-14-12(8-9-36(3,4)5)6-7-16(29)18(14)21(30)17(13)23(32)26(15,35)24(33)19(22(20)31)25(27)34/h6-7,13,15,20,29-30,33,35H,8-11H2,1-5H3,(H2,27,34)/t13-,15-,20-,26-/m1/s1. The van der Waals surface area contributed by atoms with E-state index >= 15 is 0 Å². The van der Waals surface area contributed by atoms with E-state index in [2.05, 4.69) is 19.6 Å². The van der Waals surface area contributed by atoms with Gasteiger partial charge in [0, 0.05) is 19.6 Å². The summed E-state index contributed by atoms with van der Waals surface area (Å²) in [6.07, 6.45) is 1.18. The number of phenols is 1. The Labute approximate surface area is 210 Å². The third kappa shape index (κ3) is 3.79. The van der Waals surface area contributed by atoms with E-state index in [0.29, 0.717) is 6.42 Å². The highest BCUT2D eigenvalue weighted by Crippen LogP contribution is 2.53. The van der Waals surface area contributed by atoms with Gasteiger partial charge in [-0.15, -0.1) is 0 Å². The highest BCUT2D eigenvalue weighted by molar-refractivity contribution is 6.76. The van der Waals surface area contributed by atoms with Crippen molar-refractivity contribution in [1.29, 1.82) is 0 Å². The molecule has 6 N–H and O–H groups in total. The Balaban J connectivity index is 1.91. The Morgan fingerprint density at radius 1 is 1.17 bits per heavy atom. The number of carbonyl (C=O) groups is 3. The van der Waals surface area contributed by atoms with Gasteiger partial charge in [0.2, 0.25) is 5.78 Å². The number of amides is 1. The lowest BCUT2D eigenvalue weighted by Crippen LogP contribution is -2.65. The van der Waals surface area contributed by atoms with Crippen molar-refractivity contribution in [2.45, 2.75) is 56.6 Å². The predicted octanol–water partition coefficient (Wildman–Crippen LogP) is 1.84. The number of hydrogen-bond acceptors (Lipinski definition) is 8. The average molecular weight is 515 g/mol. The number of nitrogens with two attached hydrogens (primary N) is 1. The first kappa shape index (κ1) is 26.1. The van der Waals surface area contributed by atoms with Gasteiger partial charge < -0.3 is 26.2 Å². The Kier molecular flexibility index (Phi) is 6.22. The molecule has 0 heterocycles. The second kappa shape index (κ2) is 8.57. The lowest BCUT2D eigenvalue weighted by atomic mass is 9.57. The van der Waals surface area contributed by atoms with Gasteiger partial charge in [0.1, 0.15) is 22.8 Å². The minimum Gasteiger partial charge on any atom is -0.508 e. The third-order valence-corrected chi connectivity index (χ3v) is 9.60. The fraction of sp³-hybridized carbons (Fsp3) is 0.500. The number of ketones is 2. The van der Waals surface area contributed by atoms with Crippen LogP contribution in [0.2, 0.25) is 25.7 Å². The van der Waals surface area contributed by atoms with Gasteiger partial charge in [-0.25, -0.2) is 0 Å². The molecule has 194 valence electrons. The van der Waals surface area contributed by atoms with Gasteiger partial charge >= 0.3 is 0 Å². The minimum atomic E-state index is -2.62. The van der Waals surface area contributed by atoms with Crippen LogP contribution in [0.25, 0.3) is 5.76 Å². The zero-order chi connectivity index (χ0) is 26.9. The number of benzene rings is 1. The smallest absolute Gasteiger partial charge is 0.255 e. The van der Waals surface area contributed by atoms with Crippen molar-refractivity contribution >= 4 is 31.3 Å². The number of aromatic hydroxyl groups is 1. The van der Waals surface area contributed by atoms with Crippen LogP contribution in [-0.2, 0) is 27.2 Å². The number of likely N-dealkylation sites (N-methyl/N-ethyl adjacent to an activating group) is 1. The highest BCUT2D eigenvalue weighted by atomic mass is 28.3. The summed E-state index contributed by atoms with van der Waals surface area (Å²) in [6.45, 7) is 6.79. The van der Waals surface area contributed by atoms with Crippen LogP contribution in [0.15, 0.2) is 29.0 Å². The zero-order valence-corrected chi connectivity index (χ0v) is 22.3. The molecule has 0 saturated heterocycles. The van der Waals surface area contributed by atoms with Gasteiger partial charge in [0.15, 0.2) is 11.4 Å². The van der Waals surface area contributed by atoms with Gasteiger partial charge in [-0.3, -0.25) is 19.3 Å². The van der Waals surface area contributed by atoms with Crippen molar-refractivity contribution in [3.63, 3.8) is 0 Å². The van der Waals surface area contributed by atoms with Crippen LogP contribution in [-0.4, -0.2) is 76.6 Å². The number of aliphatic hydroxyl groups excluding tert-OH is 2. The molecule has 4 rings (SSSR count). The maximum absolute atomic E-state index is 13.8. The van der Waals surface area contributed by atoms with Crippen LogP contribution < -0.4 is 5.73 Å². The van der Waals surface area contributed by atoms with Gasteiger partial charge in [0.25, 0.3) is 5.91 Å². The molecule has 3 aliphatic carbocycles. The van der Waals surface area contributed by atoms with Crippen LogP contribution >= 0.6 is 0 Å². The van der Waals surface area contributed by atoms with Gasteiger partial charge in [-0.05, 0) is 56.5 Å². The summed E-state index contributed by atoms with van der Waals surface area (Å²) >= 11 is 0. The van der Waals surface area contributed by atoms with E-state index in [1.165, 1.54) is 11.0 Å². The number of carbonyl (C=O) groups excluding carboxylic acids is 3. The summed E-state index contributed by atoms with van der Waals surface area (Å²) in [7, 11) is 1.78. The number of rotatable bonds is 5. The summed E-state index contributed by atoms with van der Waals surface area (Å²) in [5.74, 6) is -6.33. The number of phenolic OH excluding ortho intramolecular Hbond substituents is 1. The molecule has 10 heteroatoms. The van der Waals surface area contributed by atoms with Gasteiger partial charge in [-0.2, -0.15) is 0 Å². The molecule has 0 aliphatic heterocycles. The summed E-state index contributed by atoms with van der Waals surface area (Å²) in [5, 5.41) is 44.4. The molecule has 1 amide bonds. The van der Waals surface area contributed by atoms with E-state index in [4.69, 9.17) is 5.73 Å². The van der Waals surface area contributed by atoms with Crippen LogP contribution in [0.1, 0.15) is 23.1 Å². The highest BCUT2D eigenvalue weighted by Gasteiger charge is 2.64. The van der Waals surface area contributed by atoms with E-state index < -0.39 is 66.1 Å². The number of aryl methyl sites for hydroxylation is 1. The lowest BCUT2D eigenvalue weighted by Gasteiger charge is -2.50. The number of fused-ring (bicyclic) bond motifs is 3. The second-order valence-corrected chi connectivity index (χ2v) is 17.2. The van der Waals surface area contributed by atoms with Crippen LogP contribution in [0.3, 0.4) is 0 Å². The largest absolute Gasteiger partial charge is 0.508 e. The van der Waals surface area contributed by atoms with Crippen molar-refractivity contribution in [3.05, 3.63) is 45.7 Å². The summed E-state index contributed by atoms with van der Waals surface area (Å²) in [4.78, 5) is 40.5. The van der Waals surface area contributed by atoms with E-state index in [0.717, 1.165) is 23.6 Å². The van der Waals surface area contributed by atoms with Crippen molar-refractivity contribution in [1.82, 2.24) is 4.90 Å². The van der Waals surface area contributed by atoms with Crippen molar-refractivity contribution in [2.24, 2.45) is 17.6 Å². The molecule has 0 aromatic heterocycles. The molecule has 0 bridgehead atoms. The molecule has 1 aromatic carbocycles. The number of nitrogens with zero attached hydrogens (tertiary/aromatic N) is 1. The number of primary amides is 1. The lowest BCUT2D eigenvalue weighted by molar-refractivity contribution is -0.153. The molecular weight excluding hydrogens is 480 g/mol. The second-order valence-electron chi connectivity index (χ2n) is 11.6. The molecule has 4 atom stereocenters. The molecule has 0 radical (unpaired) electrons. The molecule has 3 aliphatic rings. The molecule has 0 spiro atoms. The summed E-state index contributed by atoms with van der Waals surface area (Å²) in [6, 6.07) is 3.25. The molecule has 1 saturated carbocycles. The first-order chi connectivity index (χ1) is 16.6. The number of aliphatic hydroxyl groups is 3. The van der Waals surface area contributed by atoms with E-state index in [9.17, 15) is 34.8 Å². The Morgan fingerprint density at radius 2 is 1.81 bits per heavy atom. The van der Waals surface area contributed by atoms with E-state index in [-0.39, 0.29) is 23.3 Å². The van der Waals surface area contributed by atoms with Crippen LogP contribution in [0, 0.1) is 11.8 Å². The summed E-state index contributed by atoms with van der Waals surface area (Å²) in [5.41, 5.74) is 3.67. The van der Waals surface area contributed by atoms with Crippen molar-refractivity contribution in [2.75, 3.05) is 14.1 Å². The van der Waals surface area contributed by atoms with Gasteiger partial charge in [0.05, 0.1) is 11.6 Å². The maximum Gasteiger partial charge on any atom is 0.255 e. The average Bonchev–Trinajstić information content (AvgIpc) is 2.74. The zero-order valence-electron chi connectivity index (χ0n) is 21.3. The third-order valence-electron chi connectivity index (χ3n) is 7.85. The van der Waals surface area contributed by atoms with Crippen LogP contribution in [0.5, 0.6) is 5.75 Å². The molecule has 0 unspecified atom stereocenters. The van der Waals surface area contributed by atoms with E-state index in [1.807, 2.05) is 6.07 Å². The quantitative estimate of drug-likeness (QED) is 0.294. The van der Waals surface area contributed by atoms with E-state index in [1.54, 1.807) is 14.1 Å². The Morgan fingerprint density at radius 3 is 2.36 bits per heavy atom. The molecular formula is C26H34N2O7Si. The minimum absolute atomic E-state index is 0.0921. The Hall–Kier alpha value is -2.95.